The molecule has 0 amide bonds. The van der Waals surface area contributed by atoms with Gasteiger partial charge in [0, 0.05) is 43.2 Å². The number of halogens is 1. The number of methoxy groups -OCH3 is 2. The van der Waals surface area contributed by atoms with Crippen LogP contribution >= 0.6 is 11.6 Å². The Bertz CT molecular complexity index is 1090. The van der Waals surface area contributed by atoms with Crippen molar-refractivity contribution in [2.75, 3.05) is 20.8 Å². The van der Waals surface area contributed by atoms with E-state index in [1.807, 2.05) is 24.3 Å². The number of ether oxygens (including phenoxy) is 2. The highest BCUT2D eigenvalue weighted by molar-refractivity contribution is 6.33. The molecule has 0 spiro atoms. The van der Waals surface area contributed by atoms with E-state index in [0.717, 1.165) is 28.9 Å². The Kier molecular flexibility index (Phi) is 5.51. The molecule has 1 aliphatic heterocycles. The molecule has 29 heavy (non-hydrogen) atoms. The molecule has 1 aliphatic rings. The lowest BCUT2D eigenvalue weighted by molar-refractivity contribution is 0.240. The van der Waals surface area contributed by atoms with Gasteiger partial charge in [-0.25, -0.2) is 4.98 Å². The zero-order chi connectivity index (χ0) is 20.4. The summed E-state index contributed by atoms with van der Waals surface area (Å²) >= 11 is 6.53. The minimum atomic E-state index is -0.0855. The molecule has 1 N–H and O–H groups in total. The average molecular weight is 413 g/mol. The Morgan fingerprint density at radius 1 is 1.24 bits per heavy atom. The molecule has 0 saturated carbocycles. The van der Waals surface area contributed by atoms with E-state index in [9.17, 15) is 4.79 Å². The van der Waals surface area contributed by atoms with Gasteiger partial charge in [-0.05, 0) is 30.2 Å². The Hall–Kier alpha value is -2.90. The standard InChI is InChI=1S/C21H21ClN4O3/c1-28-17-6-5-14(18(22)19(17)29-2)11-26-9-7-15-16(12-26)24-20(25-21(15)27)13-4-3-8-23-10-13/h3-6,8,10H,7,9,11-12H2,1-2H3,(H,24,25,27). The second kappa shape index (κ2) is 8.23. The van der Waals surface area contributed by atoms with Crippen molar-refractivity contribution in [3.05, 3.63) is 68.9 Å². The van der Waals surface area contributed by atoms with Crippen LogP contribution in [0.5, 0.6) is 11.5 Å². The maximum atomic E-state index is 12.5. The van der Waals surface area contributed by atoms with Crippen LogP contribution in [0, 0.1) is 0 Å². The summed E-state index contributed by atoms with van der Waals surface area (Å²) in [6, 6.07) is 7.48. The van der Waals surface area contributed by atoms with Gasteiger partial charge in [0.2, 0.25) is 0 Å². The average Bonchev–Trinajstić information content (AvgIpc) is 2.75. The fourth-order valence-corrected chi connectivity index (χ4v) is 3.85. The molecule has 1 aromatic carbocycles. The van der Waals surface area contributed by atoms with Crippen molar-refractivity contribution >= 4 is 11.6 Å². The van der Waals surface area contributed by atoms with Gasteiger partial charge < -0.3 is 14.5 Å². The highest BCUT2D eigenvalue weighted by atomic mass is 35.5. The van der Waals surface area contributed by atoms with Crippen LogP contribution in [0.1, 0.15) is 16.8 Å². The first-order valence-electron chi connectivity index (χ1n) is 9.25. The highest BCUT2D eigenvalue weighted by Crippen LogP contribution is 2.38. The quantitative estimate of drug-likeness (QED) is 0.693. The van der Waals surface area contributed by atoms with Crippen molar-refractivity contribution in [3.63, 3.8) is 0 Å². The fraction of sp³-hybridized carbons (Fsp3) is 0.286. The molecule has 0 fully saturated rings. The summed E-state index contributed by atoms with van der Waals surface area (Å²) in [5.74, 6) is 1.66. The molecule has 2 aromatic heterocycles. The van der Waals surface area contributed by atoms with Crippen LogP contribution in [0.4, 0.5) is 0 Å². The van der Waals surface area contributed by atoms with Crippen LogP contribution in [-0.4, -0.2) is 40.6 Å². The number of aromatic nitrogens is 3. The Labute approximate surface area is 173 Å². The minimum absolute atomic E-state index is 0.0855. The van der Waals surface area contributed by atoms with Crippen LogP contribution in [0.15, 0.2) is 41.5 Å². The molecular formula is C21H21ClN4O3. The molecule has 0 saturated heterocycles. The van der Waals surface area contributed by atoms with Gasteiger partial charge in [0.1, 0.15) is 5.82 Å². The molecule has 8 heteroatoms. The lowest BCUT2D eigenvalue weighted by Gasteiger charge is -2.28. The zero-order valence-electron chi connectivity index (χ0n) is 16.2. The van der Waals surface area contributed by atoms with Gasteiger partial charge in [-0.2, -0.15) is 0 Å². The van der Waals surface area contributed by atoms with Crippen molar-refractivity contribution < 1.29 is 9.47 Å². The van der Waals surface area contributed by atoms with E-state index >= 15 is 0 Å². The fourth-order valence-electron chi connectivity index (χ4n) is 3.56. The molecule has 0 bridgehead atoms. The van der Waals surface area contributed by atoms with Crippen molar-refractivity contribution in [1.29, 1.82) is 0 Å². The summed E-state index contributed by atoms with van der Waals surface area (Å²) in [5, 5.41) is 0.535. The van der Waals surface area contributed by atoms with Gasteiger partial charge in [0.05, 0.1) is 24.9 Å². The second-order valence-electron chi connectivity index (χ2n) is 6.82. The van der Waals surface area contributed by atoms with Crippen molar-refractivity contribution in [3.8, 4) is 22.9 Å². The van der Waals surface area contributed by atoms with Gasteiger partial charge in [-0.3, -0.25) is 14.7 Å². The predicted octanol–water partition coefficient (Wildman–Crippen LogP) is 3.06. The third-order valence-electron chi connectivity index (χ3n) is 5.05. The number of aromatic amines is 1. The third kappa shape index (κ3) is 3.83. The second-order valence-corrected chi connectivity index (χ2v) is 7.19. The zero-order valence-corrected chi connectivity index (χ0v) is 17.0. The molecule has 3 aromatic rings. The normalized spacial score (nSPS) is 13.8. The third-order valence-corrected chi connectivity index (χ3v) is 5.46. The van der Waals surface area contributed by atoms with E-state index in [2.05, 4.69) is 14.9 Å². The van der Waals surface area contributed by atoms with Crippen molar-refractivity contribution in [1.82, 2.24) is 19.9 Å². The van der Waals surface area contributed by atoms with Crippen LogP contribution in [-0.2, 0) is 19.5 Å². The molecule has 0 aliphatic carbocycles. The van der Waals surface area contributed by atoms with E-state index in [0.29, 0.717) is 41.9 Å². The summed E-state index contributed by atoms with van der Waals surface area (Å²) < 4.78 is 10.7. The molecule has 3 heterocycles. The lowest BCUT2D eigenvalue weighted by atomic mass is 10.0. The topological polar surface area (TPSA) is 80.3 Å². The van der Waals surface area contributed by atoms with Crippen molar-refractivity contribution in [2.24, 2.45) is 0 Å². The monoisotopic (exact) mass is 412 g/mol. The Morgan fingerprint density at radius 2 is 2.10 bits per heavy atom. The first-order valence-corrected chi connectivity index (χ1v) is 9.62. The Morgan fingerprint density at radius 3 is 2.83 bits per heavy atom. The molecular weight excluding hydrogens is 392 g/mol. The number of pyridine rings is 1. The predicted molar refractivity (Wildman–Crippen MR) is 110 cm³/mol. The summed E-state index contributed by atoms with van der Waals surface area (Å²) in [6.45, 7) is 1.93. The van der Waals surface area contributed by atoms with Gasteiger partial charge in [0.25, 0.3) is 5.56 Å². The van der Waals surface area contributed by atoms with E-state index in [-0.39, 0.29) is 5.56 Å². The summed E-state index contributed by atoms with van der Waals surface area (Å²) in [7, 11) is 3.15. The van der Waals surface area contributed by atoms with E-state index in [1.165, 1.54) is 0 Å². The summed E-state index contributed by atoms with van der Waals surface area (Å²) in [4.78, 5) is 26.4. The highest BCUT2D eigenvalue weighted by Gasteiger charge is 2.23. The van der Waals surface area contributed by atoms with Crippen LogP contribution < -0.4 is 15.0 Å². The van der Waals surface area contributed by atoms with E-state index in [1.54, 1.807) is 26.6 Å². The van der Waals surface area contributed by atoms with E-state index in [4.69, 9.17) is 26.1 Å². The van der Waals surface area contributed by atoms with Gasteiger partial charge in [-0.15, -0.1) is 0 Å². The smallest absolute Gasteiger partial charge is 0.254 e. The molecule has 0 unspecified atom stereocenters. The number of fused-ring (bicyclic) bond motifs is 1. The number of hydrogen-bond donors (Lipinski definition) is 1. The van der Waals surface area contributed by atoms with Crippen LogP contribution in [0.3, 0.4) is 0 Å². The van der Waals surface area contributed by atoms with Crippen LogP contribution in [0.25, 0.3) is 11.4 Å². The van der Waals surface area contributed by atoms with Crippen LogP contribution in [0.2, 0.25) is 5.02 Å². The minimum Gasteiger partial charge on any atom is -0.493 e. The molecule has 150 valence electrons. The summed E-state index contributed by atoms with van der Waals surface area (Å²) in [5.41, 5.74) is 3.16. The first kappa shape index (κ1) is 19.4. The first-order chi connectivity index (χ1) is 14.1. The van der Waals surface area contributed by atoms with Gasteiger partial charge >= 0.3 is 0 Å². The number of rotatable bonds is 5. The van der Waals surface area contributed by atoms with Gasteiger partial charge in [0.15, 0.2) is 11.5 Å². The maximum absolute atomic E-state index is 12.5. The Balaban J connectivity index is 1.61. The van der Waals surface area contributed by atoms with E-state index < -0.39 is 0 Å². The number of hydrogen-bond acceptors (Lipinski definition) is 6. The maximum Gasteiger partial charge on any atom is 0.254 e. The molecule has 0 radical (unpaired) electrons. The SMILES string of the molecule is COc1ccc(CN2CCc3c(nc(-c4cccnc4)[nH]c3=O)C2)c(Cl)c1OC. The van der Waals surface area contributed by atoms with Gasteiger partial charge in [-0.1, -0.05) is 17.7 Å². The largest absolute Gasteiger partial charge is 0.493 e. The number of nitrogens with one attached hydrogen (secondary N) is 1. The molecule has 4 rings (SSSR count). The number of nitrogens with zero attached hydrogens (tertiary/aromatic N) is 3. The molecule has 7 nitrogen and oxygen atoms in total. The van der Waals surface area contributed by atoms with Crippen molar-refractivity contribution in [2.45, 2.75) is 19.5 Å². The number of benzene rings is 1. The summed E-state index contributed by atoms with van der Waals surface area (Å²) in [6.07, 6.45) is 4.01. The lowest BCUT2D eigenvalue weighted by Crippen LogP contribution is -2.35. The number of H-pyrrole nitrogens is 1. The molecule has 0 atom stereocenters.